The molecule has 0 saturated heterocycles. The summed E-state index contributed by atoms with van der Waals surface area (Å²) in [4.78, 5) is 77.3. The van der Waals surface area contributed by atoms with Crippen LogP contribution in [0.15, 0.2) is 72.6 Å². The molecule has 7 rings (SSSR count). The lowest BCUT2D eigenvalue weighted by Gasteiger charge is -2.24. The Morgan fingerprint density at radius 2 is 1.17 bits per heavy atom. The first-order valence-corrected chi connectivity index (χ1v) is 28.4. The van der Waals surface area contributed by atoms with Crippen molar-refractivity contribution in [3.05, 3.63) is 99.9 Å². The molecule has 2 saturated carbocycles. The van der Waals surface area contributed by atoms with Crippen LogP contribution in [0.2, 0.25) is 20.1 Å². The molecule has 7 N–H and O–H groups in total. The highest BCUT2D eigenvalue weighted by atomic mass is 79.9. The summed E-state index contributed by atoms with van der Waals surface area (Å²) in [5.74, 6) is -1.78. The molecule has 5 aromatic rings. The van der Waals surface area contributed by atoms with Gasteiger partial charge < -0.3 is 24.7 Å². The van der Waals surface area contributed by atoms with Gasteiger partial charge in [0.25, 0.3) is 24.3 Å². The predicted octanol–water partition coefficient (Wildman–Crippen LogP) is 7.47. The highest BCUT2D eigenvalue weighted by molar-refractivity contribution is 9.10. The van der Waals surface area contributed by atoms with E-state index in [4.69, 9.17) is 70.8 Å². The maximum absolute atomic E-state index is 13.1. The zero-order valence-corrected chi connectivity index (χ0v) is 48.6. The molecule has 0 bridgehead atoms. The molecule has 441 valence electrons. The Morgan fingerprint density at radius 3 is 1.52 bits per heavy atom. The molecule has 36 heteroatoms. The molecule has 3 radical (unpaired) electrons. The average molecular weight is 1330 g/mol. The number of urea groups is 1. The maximum Gasteiger partial charge on any atom is 0.349 e. The van der Waals surface area contributed by atoms with Crippen LogP contribution in [-0.4, -0.2) is 113 Å². The van der Waals surface area contributed by atoms with E-state index in [0.29, 0.717) is 27.9 Å². The molecule has 2 aliphatic carbocycles. The van der Waals surface area contributed by atoms with Crippen LogP contribution in [0.3, 0.4) is 0 Å². The number of pyridine rings is 2. The van der Waals surface area contributed by atoms with Crippen LogP contribution in [0.4, 0.5) is 22.4 Å². The minimum absolute atomic E-state index is 0. The molecule has 0 spiro atoms. The quantitative estimate of drug-likeness (QED) is 0.0222. The molecule has 82 heavy (non-hydrogen) atoms. The summed E-state index contributed by atoms with van der Waals surface area (Å²) < 4.78 is 128. The first kappa shape index (κ1) is 68.2. The van der Waals surface area contributed by atoms with Gasteiger partial charge in [0.1, 0.15) is 21.4 Å². The van der Waals surface area contributed by atoms with E-state index in [2.05, 4.69) is 46.2 Å². The number of hydrogen-bond acceptors (Lipinski definition) is 18. The van der Waals surface area contributed by atoms with Crippen molar-refractivity contribution in [2.45, 2.75) is 74.0 Å². The lowest BCUT2D eigenvalue weighted by molar-refractivity contribution is -0.120. The molecule has 3 amide bonds. The summed E-state index contributed by atoms with van der Waals surface area (Å²) >= 11 is 28.1. The predicted molar refractivity (Wildman–Crippen MR) is 293 cm³/mol. The number of carbonyl (C=O) groups excluding carboxylic acids is 4. The van der Waals surface area contributed by atoms with Crippen LogP contribution in [-0.2, 0) is 34.4 Å². The number of hydrogen-bond donors (Lipinski definition) is 6. The third kappa shape index (κ3) is 18.9. The fraction of sp³-hybridized carbons (Fsp3) is 0.348. The van der Waals surface area contributed by atoms with Crippen LogP contribution < -0.4 is 50.7 Å². The zero-order valence-electron chi connectivity index (χ0n) is 42.4. The number of nitrogens with two attached hydrogens (primary N) is 1. The molecule has 2 aliphatic rings. The number of Topliss-reactive ketones (excluding diaryl/α,β-unsaturated/α-hetero) is 2. The monoisotopic (exact) mass is 1330 g/mol. The fourth-order valence-corrected chi connectivity index (χ4v) is 11.1. The number of benzene rings is 2. The summed E-state index contributed by atoms with van der Waals surface area (Å²) in [7, 11) is -5.74. The number of halogens is 9. The van der Waals surface area contributed by atoms with Gasteiger partial charge in [0.2, 0.25) is 31.8 Å². The number of rotatable bonds is 22. The Kier molecular flexibility index (Phi) is 25.3. The lowest BCUT2D eigenvalue weighted by atomic mass is 9.82. The summed E-state index contributed by atoms with van der Waals surface area (Å²) in [5, 5.41) is 11.0. The van der Waals surface area contributed by atoms with E-state index >= 15 is 0 Å². The maximum atomic E-state index is 13.1. The van der Waals surface area contributed by atoms with Crippen LogP contribution in [0.5, 0.6) is 34.8 Å². The van der Waals surface area contributed by atoms with E-state index in [9.17, 15) is 63.2 Å². The van der Waals surface area contributed by atoms with Gasteiger partial charge >= 0.3 is 11.7 Å². The Bertz CT molecular complexity index is 3530. The number of primary amides is 1. The number of amides is 3. The van der Waals surface area contributed by atoms with Gasteiger partial charge in [-0.15, -0.1) is 0 Å². The Balaban J connectivity index is 0.000000303. The van der Waals surface area contributed by atoms with Crippen molar-refractivity contribution >= 4 is 120 Å². The Hall–Kier alpha value is -6.26. The fourth-order valence-electron chi connectivity index (χ4n) is 6.95. The van der Waals surface area contributed by atoms with E-state index in [0.717, 1.165) is 62.9 Å². The molecule has 3 heterocycles. The largest absolute Gasteiger partial charge is 0.494 e. The normalized spacial score (nSPS) is 13.2. The number of H-pyrrole nitrogens is 1. The summed E-state index contributed by atoms with van der Waals surface area (Å²) in [6.07, 6.45) is 2.58. The van der Waals surface area contributed by atoms with E-state index in [-0.39, 0.29) is 103 Å². The van der Waals surface area contributed by atoms with Crippen LogP contribution in [0, 0.1) is 17.2 Å². The van der Waals surface area contributed by atoms with Gasteiger partial charge in [-0.2, -0.15) is 9.78 Å². The minimum atomic E-state index is -4.24. The second kappa shape index (κ2) is 30.3. The molecular weight excluding hydrogens is 1290 g/mol. The van der Waals surface area contributed by atoms with Crippen molar-refractivity contribution in [2.24, 2.45) is 17.6 Å². The van der Waals surface area contributed by atoms with Gasteiger partial charge in [0.05, 0.1) is 65.5 Å². The van der Waals surface area contributed by atoms with Crippen molar-refractivity contribution < 1.29 is 72.5 Å². The van der Waals surface area contributed by atoms with Crippen molar-refractivity contribution in [3.8, 4) is 40.4 Å². The smallest absolute Gasteiger partial charge is 0.349 e. The number of ether oxygens (including phenoxy) is 4. The van der Waals surface area contributed by atoms with Crippen LogP contribution >= 0.6 is 62.3 Å². The highest BCUT2D eigenvalue weighted by Gasteiger charge is 2.28. The van der Waals surface area contributed by atoms with Crippen molar-refractivity contribution in [2.75, 3.05) is 27.3 Å². The van der Waals surface area contributed by atoms with Crippen molar-refractivity contribution in [1.29, 1.82) is 5.41 Å². The summed E-state index contributed by atoms with van der Waals surface area (Å²) in [6.45, 7) is -0.685. The number of aromatic amines is 1. The van der Waals surface area contributed by atoms with Gasteiger partial charge in [-0.25, -0.2) is 63.4 Å². The van der Waals surface area contributed by atoms with Crippen molar-refractivity contribution in [1.82, 2.24) is 39.5 Å². The number of imide groups is 1. The number of ketones is 2. The number of alkyl halides is 4. The van der Waals surface area contributed by atoms with Crippen LogP contribution in [0.25, 0.3) is 5.69 Å². The standard InChI is InChI=1S/C23H21Cl2F2N5O7S.C19H19BrCl2N2O5S.C4H5F2N3O2.B/c1-38-16-10-28-18(8-17(16)40(36,37)29-9-13(33)5-11-3-2-4-11)39-20-14(24)6-12(7-15(20)25)32-23(35)30-22(34)19(31-32)21(26)27;1-28-16-10-23-18(29-19-14(21)6-12(20)7-15(19)22)8-17(16)30(26,27)24-9-13(25)5-11-3-2-4-11;5-2(6)1(7)3(10)9-4(8)11;/h6-8,10-11,21,29H,2-5,9H2,1H3,(H,30,34,35);6-8,10-11,24H,2-5,9H2,1H3;2,7H,(H3,8,9,10,11);. The van der Waals surface area contributed by atoms with E-state index in [1.807, 2.05) is 0 Å². The van der Waals surface area contributed by atoms with Gasteiger partial charge in [-0.1, -0.05) is 101 Å². The van der Waals surface area contributed by atoms with Gasteiger partial charge in [-0.3, -0.25) is 34.9 Å². The first-order chi connectivity index (χ1) is 38.0. The van der Waals surface area contributed by atoms with Crippen molar-refractivity contribution in [3.63, 3.8) is 0 Å². The van der Waals surface area contributed by atoms with Gasteiger partial charge in [0, 0.05) is 37.9 Å². The Morgan fingerprint density at radius 1 is 0.756 bits per heavy atom. The molecule has 0 unspecified atom stereocenters. The lowest BCUT2D eigenvalue weighted by Crippen LogP contribution is -2.41. The summed E-state index contributed by atoms with van der Waals surface area (Å²) in [5.41, 5.74) is -0.900. The molecule has 24 nitrogen and oxygen atoms in total. The van der Waals surface area contributed by atoms with Gasteiger partial charge in [-0.05, 0) is 36.1 Å². The second-order valence-electron chi connectivity index (χ2n) is 17.1. The zero-order chi connectivity index (χ0) is 60.1. The number of methoxy groups -OCH3 is 2. The number of nitrogens with one attached hydrogen (secondary N) is 5. The molecule has 2 fully saturated rings. The number of sulfonamides is 2. The van der Waals surface area contributed by atoms with Gasteiger partial charge in [0.15, 0.2) is 34.4 Å². The third-order valence-corrected chi connectivity index (χ3v) is 15.8. The van der Waals surface area contributed by atoms with E-state index < -0.39 is 74.0 Å². The minimum Gasteiger partial charge on any atom is -0.494 e. The number of nitrogens with zero attached hydrogens (tertiary/aromatic N) is 4. The van der Waals surface area contributed by atoms with E-state index in [1.165, 1.54) is 31.8 Å². The average Bonchev–Trinajstić information content (AvgIpc) is 3.59. The molecule has 2 aromatic carbocycles. The molecular formula is C46H45BBrCl4F4N10O14S2. The second-order valence-corrected chi connectivity index (χ2v) is 23.1. The SMILES string of the molecule is COc1cnc(Oc2c(Cl)cc(-n3nc(C(F)F)c(=O)[nH]c3=O)cc2Cl)cc1S(=O)(=O)NCC(=O)CC1CCC1.COc1cnc(Oc2c(Cl)cc(Br)cc2Cl)cc1S(=O)(=O)NCC(=O)CC1CCC1.N=C(C(=O)NC(N)=O)C(F)F.[B]. The number of aromatic nitrogens is 5. The summed E-state index contributed by atoms with van der Waals surface area (Å²) in [6, 6.07) is 6.31. The molecule has 3 aromatic heterocycles. The molecule has 0 aliphatic heterocycles. The molecule has 0 atom stereocenters. The Labute approximate surface area is 493 Å². The third-order valence-electron chi connectivity index (χ3n) is 11.4. The topological polar surface area (TPSA) is 353 Å². The first-order valence-electron chi connectivity index (χ1n) is 23.1. The highest BCUT2D eigenvalue weighted by Crippen LogP contribution is 2.41. The van der Waals surface area contributed by atoms with E-state index in [1.54, 1.807) is 17.1 Å². The number of carbonyl (C=O) groups is 4. The van der Waals surface area contributed by atoms with Crippen LogP contribution in [0.1, 0.15) is 63.5 Å².